The Kier molecular flexibility index (Phi) is 15.8. The fourth-order valence-corrected chi connectivity index (χ4v) is 4.45. The molecule has 7 nitrogen and oxygen atoms in total. The largest absolute Gasteiger partial charge is 0.497 e. The number of benzene rings is 1. The van der Waals surface area contributed by atoms with E-state index < -0.39 is 5.97 Å². The van der Waals surface area contributed by atoms with Crippen molar-refractivity contribution >= 4 is 17.4 Å². The lowest BCUT2D eigenvalue weighted by atomic mass is 10.1. The summed E-state index contributed by atoms with van der Waals surface area (Å²) < 4.78 is 15.6. The number of allylic oxidation sites excluding steroid dienone is 2. The fourth-order valence-electron chi connectivity index (χ4n) is 4.45. The van der Waals surface area contributed by atoms with E-state index in [1.807, 2.05) is 0 Å². The van der Waals surface area contributed by atoms with Crippen molar-refractivity contribution in [1.29, 1.82) is 0 Å². The smallest absolute Gasteiger partial charge is 0.346 e. The molecule has 2 rings (SSSR count). The second-order valence-corrected chi connectivity index (χ2v) is 9.81. The molecule has 0 spiro atoms. The normalized spacial score (nSPS) is 14.6. The number of methoxy groups -OCH3 is 2. The third kappa shape index (κ3) is 11.6. The van der Waals surface area contributed by atoms with E-state index in [1.165, 1.54) is 77.0 Å². The molecule has 0 unspecified atom stereocenters. The van der Waals surface area contributed by atoms with Crippen molar-refractivity contribution in [2.45, 2.75) is 96.8 Å². The molecule has 1 aromatic rings. The number of hydrogen-bond acceptors (Lipinski definition) is 7. The van der Waals surface area contributed by atoms with Crippen molar-refractivity contribution in [1.82, 2.24) is 5.32 Å². The van der Waals surface area contributed by atoms with Crippen LogP contribution in [0.3, 0.4) is 0 Å². The number of ketones is 1. The van der Waals surface area contributed by atoms with Crippen LogP contribution in [0, 0.1) is 0 Å². The van der Waals surface area contributed by atoms with Crippen LogP contribution in [-0.2, 0) is 14.3 Å². The van der Waals surface area contributed by atoms with Crippen LogP contribution in [0.4, 0.5) is 5.69 Å². The zero-order valence-electron chi connectivity index (χ0n) is 23.7. The Morgan fingerprint density at radius 3 is 2.08 bits per heavy atom. The summed E-state index contributed by atoms with van der Waals surface area (Å²) in [5.74, 6) is 0.598. The number of Topliss-reactive ketones (excluding diaryl/α,β-unsaturated/α-hetero) is 1. The molecule has 38 heavy (non-hydrogen) atoms. The highest BCUT2D eigenvalue weighted by Gasteiger charge is 2.32. The van der Waals surface area contributed by atoms with Crippen molar-refractivity contribution < 1.29 is 23.8 Å². The molecule has 1 aliphatic rings. The van der Waals surface area contributed by atoms with Crippen LogP contribution < -0.4 is 20.1 Å². The molecule has 0 bridgehead atoms. The van der Waals surface area contributed by atoms with Gasteiger partial charge in [0.05, 0.1) is 19.9 Å². The van der Waals surface area contributed by atoms with E-state index in [0.29, 0.717) is 29.6 Å². The Morgan fingerprint density at radius 2 is 1.50 bits per heavy atom. The quantitative estimate of drug-likeness (QED) is 0.0580. The summed E-state index contributed by atoms with van der Waals surface area (Å²) >= 11 is 0. The van der Waals surface area contributed by atoms with Gasteiger partial charge in [0.2, 0.25) is 5.78 Å². The minimum absolute atomic E-state index is 0.0208. The third-order valence-corrected chi connectivity index (χ3v) is 6.73. The van der Waals surface area contributed by atoms with E-state index in [0.717, 1.165) is 12.8 Å². The SMILES string of the molecule is CCCCCCCC/C=C\CCCCCCCCN/C(Nc1ccc(OC)cc1OC)=C1\C(=O)COC1=O. The van der Waals surface area contributed by atoms with Crippen LogP contribution in [0.5, 0.6) is 11.5 Å². The Morgan fingerprint density at radius 1 is 0.868 bits per heavy atom. The molecule has 1 aromatic carbocycles. The first kappa shape index (κ1) is 31.3. The summed E-state index contributed by atoms with van der Waals surface area (Å²) in [6.07, 6.45) is 22.2. The first-order chi connectivity index (χ1) is 18.6. The molecule has 1 saturated heterocycles. The molecule has 1 aliphatic heterocycles. The summed E-state index contributed by atoms with van der Waals surface area (Å²) in [6.45, 7) is 2.68. The van der Waals surface area contributed by atoms with Gasteiger partial charge in [-0.15, -0.1) is 0 Å². The summed E-state index contributed by atoms with van der Waals surface area (Å²) in [7, 11) is 3.14. The van der Waals surface area contributed by atoms with Crippen molar-refractivity contribution in [3.63, 3.8) is 0 Å². The van der Waals surface area contributed by atoms with Crippen LogP contribution in [0.15, 0.2) is 41.7 Å². The van der Waals surface area contributed by atoms with Gasteiger partial charge in [-0.3, -0.25) is 4.79 Å². The number of carbonyl (C=O) groups excluding carboxylic acids is 2. The lowest BCUT2D eigenvalue weighted by molar-refractivity contribution is -0.135. The molecule has 0 saturated carbocycles. The van der Waals surface area contributed by atoms with Crippen LogP contribution in [0.1, 0.15) is 96.8 Å². The molecule has 0 atom stereocenters. The van der Waals surface area contributed by atoms with Gasteiger partial charge in [0, 0.05) is 12.6 Å². The van der Waals surface area contributed by atoms with E-state index in [9.17, 15) is 9.59 Å². The number of hydrogen-bond donors (Lipinski definition) is 2. The Bertz CT molecular complexity index is 892. The van der Waals surface area contributed by atoms with E-state index in [1.54, 1.807) is 32.4 Å². The Labute approximate surface area is 229 Å². The van der Waals surface area contributed by atoms with Gasteiger partial charge in [-0.05, 0) is 44.2 Å². The first-order valence-electron chi connectivity index (χ1n) is 14.4. The maximum atomic E-state index is 12.3. The number of ether oxygens (including phenoxy) is 3. The number of esters is 1. The van der Waals surface area contributed by atoms with E-state index >= 15 is 0 Å². The molecule has 0 radical (unpaired) electrons. The average Bonchev–Trinajstić information content (AvgIpc) is 3.27. The lowest BCUT2D eigenvalue weighted by Gasteiger charge is -2.17. The summed E-state index contributed by atoms with van der Waals surface area (Å²) in [6, 6.07) is 5.31. The van der Waals surface area contributed by atoms with Gasteiger partial charge in [0.15, 0.2) is 6.61 Å². The van der Waals surface area contributed by atoms with Crippen LogP contribution in [0.25, 0.3) is 0 Å². The van der Waals surface area contributed by atoms with Crippen LogP contribution in [0.2, 0.25) is 0 Å². The van der Waals surface area contributed by atoms with Gasteiger partial charge in [-0.2, -0.15) is 0 Å². The van der Waals surface area contributed by atoms with Crippen LogP contribution >= 0.6 is 0 Å². The monoisotopic (exact) mass is 528 g/mol. The first-order valence-corrected chi connectivity index (χ1v) is 14.4. The fraction of sp³-hybridized carbons (Fsp3) is 0.613. The van der Waals surface area contributed by atoms with E-state index in [2.05, 4.69) is 29.7 Å². The number of carbonyl (C=O) groups is 2. The number of rotatable bonds is 21. The van der Waals surface area contributed by atoms with Gasteiger partial charge >= 0.3 is 5.97 Å². The highest BCUT2D eigenvalue weighted by molar-refractivity contribution is 6.22. The molecule has 0 aliphatic carbocycles. The summed E-state index contributed by atoms with van der Waals surface area (Å²) in [4.78, 5) is 24.5. The molecule has 7 heteroatoms. The van der Waals surface area contributed by atoms with Gasteiger partial charge in [0.25, 0.3) is 0 Å². The number of unbranched alkanes of at least 4 members (excludes halogenated alkanes) is 12. The maximum Gasteiger partial charge on any atom is 0.346 e. The second-order valence-electron chi connectivity index (χ2n) is 9.81. The average molecular weight is 529 g/mol. The van der Waals surface area contributed by atoms with Crippen molar-refractivity contribution in [3.8, 4) is 11.5 Å². The van der Waals surface area contributed by atoms with Crippen LogP contribution in [-0.4, -0.2) is 39.1 Å². The molecule has 1 heterocycles. The van der Waals surface area contributed by atoms with Gasteiger partial charge < -0.3 is 24.8 Å². The van der Waals surface area contributed by atoms with Crippen molar-refractivity contribution in [3.05, 3.63) is 41.7 Å². The zero-order chi connectivity index (χ0) is 27.4. The molecule has 1 fully saturated rings. The minimum atomic E-state index is -0.612. The molecule has 0 amide bonds. The van der Waals surface area contributed by atoms with Gasteiger partial charge in [-0.1, -0.05) is 76.9 Å². The topological polar surface area (TPSA) is 85.9 Å². The number of nitrogens with one attached hydrogen (secondary N) is 2. The van der Waals surface area contributed by atoms with E-state index in [-0.39, 0.29) is 18.0 Å². The number of cyclic esters (lactones) is 1. The van der Waals surface area contributed by atoms with E-state index in [4.69, 9.17) is 14.2 Å². The lowest BCUT2D eigenvalue weighted by Crippen LogP contribution is -2.26. The molecule has 212 valence electrons. The van der Waals surface area contributed by atoms with Gasteiger partial charge in [0.1, 0.15) is 22.9 Å². The summed E-state index contributed by atoms with van der Waals surface area (Å²) in [5, 5.41) is 6.42. The minimum Gasteiger partial charge on any atom is -0.497 e. The second kappa shape index (κ2) is 19.2. The molecular weight excluding hydrogens is 480 g/mol. The summed E-state index contributed by atoms with van der Waals surface area (Å²) in [5.41, 5.74) is 0.643. The van der Waals surface area contributed by atoms with Crippen molar-refractivity contribution in [2.24, 2.45) is 0 Å². The molecule has 0 aromatic heterocycles. The van der Waals surface area contributed by atoms with Crippen molar-refractivity contribution in [2.75, 3.05) is 32.7 Å². The molecule has 2 N–H and O–H groups in total. The third-order valence-electron chi connectivity index (χ3n) is 6.73. The standard InChI is InChI=1S/C31H48N2O5/c1-4-5-6-7-8-9-10-11-12-13-14-15-16-17-18-19-22-32-30(29-27(34)24-38-31(29)35)33-26-21-20-25(36-2)23-28(26)37-3/h11-12,20-21,23,32-33H,4-10,13-19,22,24H2,1-3H3/b12-11-,30-29-. The molecular formula is C31H48N2O5. The predicted molar refractivity (Wildman–Crippen MR) is 154 cm³/mol. The number of anilines is 1. The Hall–Kier alpha value is -2.96. The Balaban J connectivity index is 1.67. The predicted octanol–water partition coefficient (Wildman–Crippen LogP) is 7.08. The highest BCUT2D eigenvalue weighted by Crippen LogP contribution is 2.30. The maximum absolute atomic E-state index is 12.3. The zero-order valence-corrected chi connectivity index (χ0v) is 23.7. The highest BCUT2D eigenvalue weighted by atomic mass is 16.5. The van der Waals surface area contributed by atoms with Gasteiger partial charge in [-0.25, -0.2) is 4.79 Å².